The van der Waals surface area contributed by atoms with Gasteiger partial charge in [-0.25, -0.2) is 14.8 Å². The van der Waals surface area contributed by atoms with Crippen molar-refractivity contribution in [3.05, 3.63) is 71.7 Å². The Morgan fingerprint density at radius 3 is 2.47 bits per heavy atom. The van der Waals surface area contributed by atoms with E-state index in [4.69, 9.17) is 5.73 Å². The van der Waals surface area contributed by atoms with Crippen molar-refractivity contribution in [3.63, 3.8) is 0 Å². The number of benzene rings is 2. The molecular weight excluding hydrogens is 423 g/mol. The first-order chi connectivity index (χ1) is 15.2. The molecule has 0 saturated heterocycles. The summed E-state index contributed by atoms with van der Waals surface area (Å²) < 4.78 is 40.2. The van der Waals surface area contributed by atoms with E-state index in [0.717, 1.165) is 17.7 Å². The maximum atomic E-state index is 12.8. The second-order valence-electron chi connectivity index (χ2n) is 7.06. The zero-order chi connectivity index (χ0) is 22.9. The van der Waals surface area contributed by atoms with Gasteiger partial charge >= 0.3 is 12.2 Å². The van der Waals surface area contributed by atoms with Crippen LogP contribution in [0.5, 0.6) is 0 Å². The minimum Gasteiger partial charge on any atom is -0.383 e. The van der Waals surface area contributed by atoms with Crippen molar-refractivity contribution in [1.82, 2.24) is 19.7 Å². The molecule has 0 fully saturated rings. The second kappa shape index (κ2) is 8.17. The lowest BCUT2D eigenvalue weighted by molar-refractivity contribution is -0.137. The van der Waals surface area contributed by atoms with Gasteiger partial charge in [0, 0.05) is 24.8 Å². The van der Waals surface area contributed by atoms with E-state index in [2.05, 4.69) is 25.7 Å². The van der Waals surface area contributed by atoms with E-state index in [-0.39, 0.29) is 5.69 Å². The highest BCUT2D eigenvalue weighted by molar-refractivity contribution is 5.99. The molecule has 2 aromatic heterocycles. The Balaban J connectivity index is 1.49. The van der Waals surface area contributed by atoms with Gasteiger partial charge < -0.3 is 16.4 Å². The number of hydrogen-bond donors (Lipinski definition) is 3. The van der Waals surface area contributed by atoms with Crippen LogP contribution < -0.4 is 16.4 Å². The third kappa shape index (κ3) is 4.46. The molecule has 0 atom stereocenters. The second-order valence-corrected chi connectivity index (χ2v) is 7.06. The van der Waals surface area contributed by atoms with Crippen molar-refractivity contribution in [2.45, 2.75) is 12.6 Å². The van der Waals surface area contributed by atoms with Crippen molar-refractivity contribution < 1.29 is 18.0 Å². The molecule has 2 heterocycles. The molecule has 2 aromatic carbocycles. The van der Waals surface area contributed by atoms with E-state index in [1.165, 1.54) is 18.5 Å². The summed E-state index contributed by atoms with van der Waals surface area (Å²) in [5.74, 6) is 0.327. The Morgan fingerprint density at radius 2 is 1.75 bits per heavy atom. The number of aromatic nitrogens is 4. The summed E-state index contributed by atoms with van der Waals surface area (Å²) in [6.45, 7) is 0. The van der Waals surface area contributed by atoms with Crippen molar-refractivity contribution in [3.8, 4) is 0 Å². The van der Waals surface area contributed by atoms with Crippen LogP contribution in [-0.2, 0) is 19.6 Å². The lowest BCUT2D eigenvalue weighted by Crippen LogP contribution is -2.20. The first kappa shape index (κ1) is 21.1. The van der Waals surface area contributed by atoms with E-state index in [1.54, 1.807) is 29.9 Å². The highest BCUT2D eigenvalue weighted by Gasteiger charge is 2.30. The van der Waals surface area contributed by atoms with Gasteiger partial charge in [-0.05, 0) is 35.9 Å². The van der Waals surface area contributed by atoms with Gasteiger partial charge in [0.25, 0.3) is 0 Å². The van der Waals surface area contributed by atoms with E-state index >= 15 is 0 Å². The molecule has 4 N–H and O–H groups in total. The summed E-state index contributed by atoms with van der Waals surface area (Å²) in [6, 6.07) is 10.8. The number of alkyl halides is 3. The summed E-state index contributed by atoms with van der Waals surface area (Å²) in [5.41, 5.74) is 7.78. The van der Waals surface area contributed by atoms with Crippen LogP contribution in [0.1, 0.15) is 16.8 Å². The first-order valence-corrected chi connectivity index (χ1v) is 9.47. The maximum Gasteiger partial charge on any atom is 0.416 e. The van der Waals surface area contributed by atoms with E-state index in [1.807, 2.05) is 6.07 Å². The Kier molecular flexibility index (Phi) is 5.39. The zero-order valence-corrected chi connectivity index (χ0v) is 16.8. The van der Waals surface area contributed by atoms with Crippen molar-refractivity contribution in [2.75, 3.05) is 16.4 Å². The number of carbonyl (C=O) groups is 1. The molecule has 0 spiro atoms. The predicted molar refractivity (Wildman–Crippen MR) is 114 cm³/mol. The molecule has 2 amide bonds. The fourth-order valence-electron chi connectivity index (χ4n) is 3.33. The van der Waals surface area contributed by atoms with Gasteiger partial charge in [0.2, 0.25) is 0 Å². The Bertz CT molecular complexity index is 1300. The van der Waals surface area contributed by atoms with Crippen molar-refractivity contribution in [1.29, 1.82) is 0 Å². The van der Waals surface area contributed by atoms with Gasteiger partial charge in [-0.3, -0.25) is 4.68 Å². The monoisotopic (exact) mass is 441 g/mol. The predicted octanol–water partition coefficient (Wildman–Crippen LogP) is 4.20. The lowest BCUT2D eigenvalue weighted by Gasteiger charge is -2.11. The Labute approximate surface area is 180 Å². The number of nitrogens with zero attached hydrogens (tertiary/aromatic N) is 4. The molecule has 11 heteroatoms. The number of hydrogen-bond acceptors (Lipinski definition) is 5. The number of nitrogen functional groups attached to an aromatic ring is 1. The number of halogens is 3. The largest absolute Gasteiger partial charge is 0.416 e. The minimum absolute atomic E-state index is 0.0314. The molecule has 4 aromatic rings. The third-order valence-corrected chi connectivity index (χ3v) is 4.73. The maximum absolute atomic E-state index is 12.8. The lowest BCUT2D eigenvalue weighted by atomic mass is 10.1. The fraction of sp³-hybridized carbons (Fsp3) is 0.143. The SMILES string of the molecule is Cn1nc(Cc2cccc(NC(=O)Nc3cccc(C(F)(F)F)c3)c2)c2c(N)ncnc21. The number of urea groups is 1. The number of nitrogens with two attached hydrogens (primary N) is 1. The van der Waals surface area contributed by atoms with Gasteiger partial charge in [0.05, 0.1) is 16.6 Å². The average Bonchev–Trinajstić information content (AvgIpc) is 3.04. The van der Waals surface area contributed by atoms with Crippen LogP contribution in [0.3, 0.4) is 0 Å². The Hall–Kier alpha value is -4.15. The van der Waals surface area contributed by atoms with Crippen molar-refractivity contribution in [2.24, 2.45) is 7.05 Å². The van der Waals surface area contributed by atoms with Crippen LogP contribution in [-0.4, -0.2) is 25.8 Å². The molecule has 32 heavy (non-hydrogen) atoms. The van der Waals surface area contributed by atoms with Crippen LogP contribution in [0.2, 0.25) is 0 Å². The highest BCUT2D eigenvalue weighted by Crippen LogP contribution is 2.30. The first-order valence-electron chi connectivity index (χ1n) is 9.47. The molecule has 0 aliphatic carbocycles. The van der Waals surface area contributed by atoms with Gasteiger partial charge in [-0.15, -0.1) is 0 Å². The molecule has 4 rings (SSSR count). The molecule has 0 aliphatic rings. The molecule has 8 nitrogen and oxygen atoms in total. The molecule has 0 bridgehead atoms. The van der Waals surface area contributed by atoms with Crippen LogP contribution in [0, 0.1) is 0 Å². The van der Waals surface area contributed by atoms with Crippen LogP contribution >= 0.6 is 0 Å². The number of nitrogens with one attached hydrogen (secondary N) is 2. The smallest absolute Gasteiger partial charge is 0.383 e. The summed E-state index contributed by atoms with van der Waals surface area (Å²) in [4.78, 5) is 20.5. The van der Waals surface area contributed by atoms with Crippen molar-refractivity contribution >= 4 is 34.3 Å². The van der Waals surface area contributed by atoms with E-state index in [9.17, 15) is 18.0 Å². The molecule has 0 unspecified atom stereocenters. The number of rotatable bonds is 4. The highest BCUT2D eigenvalue weighted by atomic mass is 19.4. The fourth-order valence-corrected chi connectivity index (χ4v) is 3.33. The third-order valence-electron chi connectivity index (χ3n) is 4.73. The minimum atomic E-state index is -4.49. The summed E-state index contributed by atoms with van der Waals surface area (Å²) in [7, 11) is 1.76. The van der Waals surface area contributed by atoms with Gasteiger partial charge in [0.1, 0.15) is 12.1 Å². The van der Waals surface area contributed by atoms with Gasteiger partial charge in [-0.1, -0.05) is 18.2 Å². The number of amides is 2. The normalized spacial score (nSPS) is 11.5. The molecular formula is C21H18F3N7O. The summed E-state index contributed by atoms with van der Waals surface area (Å²) in [6.07, 6.45) is -2.71. The quantitative estimate of drug-likeness (QED) is 0.440. The number of carbonyl (C=O) groups excluding carboxylic acids is 1. The summed E-state index contributed by atoms with van der Waals surface area (Å²) in [5, 5.41) is 10.2. The van der Waals surface area contributed by atoms with Gasteiger partial charge in [-0.2, -0.15) is 18.3 Å². The van der Waals surface area contributed by atoms with Crippen LogP contribution in [0.4, 0.5) is 35.2 Å². The number of aryl methyl sites for hydroxylation is 1. The molecule has 0 radical (unpaired) electrons. The summed E-state index contributed by atoms with van der Waals surface area (Å²) >= 11 is 0. The van der Waals surface area contributed by atoms with Crippen LogP contribution in [0.25, 0.3) is 11.0 Å². The van der Waals surface area contributed by atoms with Gasteiger partial charge in [0.15, 0.2) is 5.65 Å². The number of anilines is 3. The van der Waals surface area contributed by atoms with Crippen LogP contribution in [0.15, 0.2) is 54.9 Å². The molecule has 0 aliphatic heterocycles. The zero-order valence-electron chi connectivity index (χ0n) is 16.8. The standard InChI is InChI=1S/C21H18F3N7O/c1-31-19-17(18(25)26-11-27-19)16(30-31)9-12-4-2-6-14(8-12)28-20(32)29-15-7-3-5-13(10-15)21(22,23)24/h2-8,10-11H,9H2,1H3,(H2,25,26,27)(H2,28,29,32). The molecule has 0 saturated carbocycles. The Morgan fingerprint density at radius 1 is 1.06 bits per heavy atom. The van der Waals surface area contributed by atoms with E-state index in [0.29, 0.717) is 34.7 Å². The topological polar surface area (TPSA) is 111 Å². The van der Waals surface area contributed by atoms with E-state index < -0.39 is 17.8 Å². The average molecular weight is 441 g/mol. The number of fused-ring (bicyclic) bond motifs is 1. The molecule has 164 valence electrons.